The summed E-state index contributed by atoms with van der Waals surface area (Å²) in [6.45, 7) is 5.77. The van der Waals surface area contributed by atoms with Crippen LogP contribution in [0.4, 0.5) is 0 Å². The topological polar surface area (TPSA) is 41.6 Å². The average Bonchev–Trinajstić information content (AvgIpc) is 2.50. The van der Waals surface area contributed by atoms with Gasteiger partial charge in [0, 0.05) is 5.57 Å². The van der Waals surface area contributed by atoms with Crippen molar-refractivity contribution in [1.82, 2.24) is 5.32 Å². The van der Waals surface area contributed by atoms with Crippen LogP contribution in [0.25, 0.3) is 0 Å². The number of nitrogens with one attached hydrogen (secondary N) is 1. The van der Waals surface area contributed by atoms with Gasteiger partial charge in [-0.1, -0.05) is 6.58 Å². The smallest absolute Gasteiger partial charge is 0.248 e. The van der Waals surface area contributed by atoms with Crippen LogP contribution in [0.3, 0.4) is 0 Å². The maximum absolute atomic E-state index is 10.7. The number of rotatable bonds is 2. The van der Waals surface area contributed by atoms with Crippen molar-refractivity contribution in [2.45, 2.75) is 13.2 Å². The Bertz CT molecular complexity index is 149. The van der Waals surface area contributed by atoms with Gasteiger partial charge >= 0.3 is 0 Å². The minimum absolute atomic E-state index is 0.0470. The van der Waals surface area contributed by atoms with Crippen molar-refractivity contribution in [3.8, 4) is 0 Å². The van der Waals surface area contributed by atoms with Crippen LogP contribution in [0.15, 0.2) is 12.2 Å². The summed E-state index contributed by atoms with van der Waals surface area (Å²) >= 11 is 0. The lowest BCUT2D eigenvalue weighted by Gasteiger charge is -1.97. The lowest BCUT2D eigenvalue weighted by Crippen LogP contribution is -2.26. The molecule has 1 heterocycles. The summed E-state index contributed by atoms with van der Waals surface area (Å²) in [5.41, 5.74) is 0.519. The summed E-state index contributed by atoms with van der Waals surface area (Å²) in [6, 6.07) is 0. The first kappa shape index (κ1) is 6.29. The molecule has 1 atom stereocenters. The standard InChI is InChI=1S/C6H9NO2/c1-4(2)6(8)7-5-3-9-5/h5H,1,3H2,2H3,(H,7,8). The Balaban J connectivity index is 2.25. The molecule has 3 nitrogen and oxygen atoms in total. The second-order valence-corrected chi connectivity index (χ2v) is 2.08. The molecule has 1 amide bonds. The highest BCUT2D eigenvalue weighted by atomic mass is 16.6. The fraction of sp³-hybridized carbons (Fsp3) is 0.500. The Kier molecular flexibility index (Phi) is 1.53. The summed E-state index contributed by atoms with van der Waals surface area (Å²) in [5, 5.41) is 2.59. The van der Waals surface area contributed by atoms with Crippen molar-refractivity contribution in [2.24, 2.45) is 0 Å². The van der Waals surface area contributed by atoms with E-state index in [1.165, 1.54) is 0 Å². The van der Waals surface area contributed by atoms with E-state index in [1.54, 1.807) is 6.92 Å². The molecular formula is C6H9NO2. The van der Waals surface area contributed by atoms with Gasteiger partial charge in [0.25, 0.3) is 0 Å². The van der Waals surface area contributed by atoms with Gasteiger partial charge in [0.15, 0.2) is 6.23 Å². The summed E-state index contributed by atoms with van der Waals surface area (Å²) in [7, 11) is 0. The van der Waals surface area contributed by atoms with Crippen LogP contribution in [0.1, 0.15) is 6.92 Å². The van der Waals surface area contributed by atoms with Crippen LogP contribution >= 0.6 is 0 Å². The van der Waals surface area contributed by atoms with Crippen LogP contribution in [0.2, 0.25) is 0 Å². The molecule has 1 N–H and O–H groups in total. The van der Waals surface area contributed by atoms with Gasteiger partial charge in [-0.3, -0.25) is 4.79 Å². The maximum Gasteiger partial charge on any atom is 0.248 e. The third-order valence-corrected chi connectivity index (χ3v) is 1.01. The predicted octanol–water partition coefficient (Wildman–Crippen LogP) is 0.0350. The van der Waals surface area contributed by atoms with Crippen LogP contribution in [0, 0.1) is 0 Å². The number of ether oxygens (including phenoxy) is 1. The molecule has 1 fully saturated rings. The summed E-state index contributed by atoms with van der Waals surface area (Å²) in [6.07, 6.45) is -0.0470. The van der Waals surface area contributed by atoms with Crippen molar-refractivity contribution in [2.75, 3.05) is 6.61 Å². The van der Waals surface area contributed by atoms with E-state index in [2.05, 4.69) is 11.9 Å². The summed E-state index contributed by atoms with van der Waals surface area (Å²) in [4.78, 5) is 10.7. The fourth-order valence-electron chi connectivity index (χ4n) is 0.401. The van der Waals surface area contributed by atoms with E-state index in [0.29, 0.717) is 12.2 Å². The highest BCUT2D eigenvalue weighted by Gasteiger charge is 2.24. The second-order valence-electron chi connectivity index (χ2n) is 2.08. The van der Waals surface area contributed by atoms with E-state index in [-0.39, 0.29) is 12.1 Å². The molecule has 0 aromatic rings. The van der Waals surface area contributed by atoms with E-state index >= 15 is 0 Å². The van der Waals surface area contributed by atoms with Gasteiger partial charge < -0.3 is 10.1 Å². The third kappa shape index (κ3) is 1.85. The normalized spacial score (nSPS) is 23.0. The number of epoxide rings is 1. The third-order valence-electron chi connectivity index (χ3n) is 1.01. The van der Waals surface area contributed by atoms with Gasteiger partial charge in [-0.15, -0.1) is 0 Å². The zero-order valence-electron chi connectivity index (χ0n) is 5.31. The first-order chi connectivity index (χ1) is 4.20. The minimum atomic E-state index is -0.127. The van der Waals surface area contributed by atoms with Gasteiger partial charge in [0.2, 0.25) is 5.91 Å². The Morgan fingerprint density at radius 1 is 1.89 bits per heavy atom. The van der Waals surface area contributed by atoms with E-state index in [9.17, 15) is 4.79 Å². The largest absolute Gasteiger partial charge is 0.351 e. The zero-order chi connectivity index (χ0) is 6.85. The molecule has 0 spiro atoms. The minimum Gasteiger partial charge on any atom is -0.351 e. The van der Waals surface area contributed by atoms with Crippen LogP contribution in [0.5, 0.6) is 0 Å². The van der Waals surface area contributed by atoms with Gasteiger partial charge in [-0.05, 0) is 6.92 Å². The summed E-state index contributed by atoms with van der Waals surface area (Å²) in [5.74, 6) is -0.127. The average molecular weight is 127 g/mol. The molecular weight excluding hydrogens is 118 g/mol. The van der Waals surface area contributed by atoms with Crippen LogP contribution < -0.4 is 5.32 Å². The quantitative estimate of drug-likeness (QED) is 0.420. The molecule has 0 bridgehead atoms. The monoisotopic (exact) mass is 127 g/mol. The van der Waals surface area contributed by atoms with E-state index in [1.807, 2.05) is 0 Å². The Morgan fingerprint density at radius 3 is 2.78 bits per heavy atom. The molecule has 1 unspecified atom stereocenters. The number of carbonyl (C=O) groups is 1. The van der Waals surface area contributed by atoms with Crippen molar-refractivity contribution < 1.29 is 9.53 Å². The number of carbonyl (C=O) groups excluding carboxylic acids is 1. The molecule has 9 heavy (non-hydrogen) atoms. The second kappa shape index (κ2) is 2.19. The number of hydrogen-bond donors (Lipinski definition) is 1. The lowest BCUT2D eigenvalue weighted by atomic mass is 10.3. The van der Waals surface area contributed by atoms with Crippen molar-refractivity contribution in [3.05, 3.63) is 12.2 Å². The molecule has 1 aliphatic heterocycles. The first-order valence-electron chi connectivity index (χ1n) is 2.78. The number of amides is 1. The molecule has 0 radical (unpaired) electrons. The van der Waals surface area contributed by atoms with Crippen molar-refractivity contribution in [1.29, 1.82) is 0 Å². The van der Waals surface area contributed by atoms with E-state index in [0.717, 1.165) is 0 Å². The molecule has 0 aromatic heterocycles. The van der Waals surface area contributed by atoms with Gasteiger partial charge in [-0.2, -0.15) is 0 Å². The van der Waals surface area contributed by atoms with Crippen LogP contribution in [-0.2, 0) is 9.53 Å². The highest BCUT2D eigenvalue weighted by molar-refractivity contribution is 5.92. The van der Waals surface area contributed by atoms with Crippen LogP contribution in [-0.4, -0.2) is 18.7 Å². The molecule has 0 aromatic carbocycles. The van der Waals surface area contributed by atoms with Gasteiger partial charge in [-0.25, -0.2) is 0 Å². The van der Waals surface area contributed by atoms with Crippen molar-refractivity contribution >= 4 is 5.91 Å². The van der Waals surface area contributed by atoms with Crippen molar-refractivity contribution in [3.63, 3.8) is 0 Å². The zero-order valence-corrected chi connectivity index (χ0v) is 5.31. The SMILES string of the molecule is C=C(C)C(=O)NC1CO1. The van der Waals surface area contributed by atoms with Gasteiger partial charge in [0.05, 0.1) is 6.61 Å². The molecule has 1 saturated heterocycles. The molecule has 1 rings (SSSR count). The number of hydrogen-bond acceptors (Lipinski definition) is 2. The first-order valence-corrected chi connectivity index (χ1v) is 2.78. The highest BCUT2D eigenvalue weighted by Crippen LogP contribution is 2.04. The molecule has 3 heteroatoms. The summed E-state index contributed by atoms with van der Waals surface area (Å²) < 4.78 is 4.76. The predicted molar refractivity (Wildman–Crippen MR) is 32.7 cm³/mol. The maximum atomic E-state index is 10.7. The fourth-order valence-corrected chi connectivity index (χ4v) is 0.401. The Morgan fingerprint density at radius 2 is 2.44 bits per heavy atom. The van der Waals surface area contributed by atoms with Gasteiger partial charge in [0.1, 0.15) is 0 Å². The molecule has 0 aliphatic carbocycles. The Labute approximate surface area is 53.7 Å². The Hall–Kier alpha value is -0.830. The van der Waals surface area contributed by atoms with E-state index in [4.69, 9.17) is 4.74 Å². The lowest BCUT2D eigenvalue weighted by molar-refractivity contribution is -0.118. The molecule has 1 aliphatic rings. The molecule has 50 valence electrons. The van der Waals surface area contributed by atoms with E-state index < -0.39 is 0 Å². The molecule has 0 saturated carbocycles.